The van der Waals surface area contributed by atoms with Gasteiger partial charge >= 0.3 is 0 Å². The number of carbonyl (C=O) groups excluding carboxylic acids is 2. The summed E-state index contributed by atoms with van der Waals surface area (Å²) in [7, 11) is 1.57. The molecular weight excluding hydrogens is 366 g/mol. The molecule has 0 saturated heterocycles. The van der Waals surface area contributed by atoms with Gasteiger partial charge < -0.3 is 10.6 Å². The first-order chi connectivity index (χ1) is 13.0. The summed E-state index contributed by atoms with van der Waals surface area (Å²) in [6, 6.07) is 6.02. The molecule has 1 aromatic carbocycles. The number of hydrogen-bond acceptors (Lipinski definition) is 5. The van der Waals surface area contributed by atoms with Crippen LogP contribution in [0.3, 0.4) is 0 Å². The van der Waals surface area contributed by atoms with Crippen LogP contribution in [0, 0.1) is 10.1 Å². The first kappa shape index (κ1) is 18.8. The molecule has 0 bridgehead atoms. The lowest BCUT2D eigenvalue weighted by Gasteiger charge is -2.12. The number of rotatable bonds is 5. The van der Waals surface area contributed by atoms with Crippen LogP contribution in [0.2, 0.25) is 0 Å². The third-order valence-corrected chi connectivity index (χ3v) is 5.58. The number of nitro benzene ring substituents is 1. The van der Waals surface area contributed by atoms with Gasteiger partial charge in [-0.3, -0.25) is 19.7 Å². The summed E-state index contributed by atoms with van der Waals surface area (Å²) in [4.78, 5) is 36.1. The molecule has 1 heterocycles. The highest BCUT2D eigenvalue weighted by Gasteiger charge is 2.25. The van der Waals surface area contributed by atoms with Crippen LogP contribution in [0.5, 0.6) is 0 Å². The van der Waals surface area contributed by atoms with Crippen LogP contribution in [-0.4, -0.2) is 23.8 Å². The highest BCUT2D eigenvalue weighted by atomic mass is 32.1. The third-order valence-electron chi connectivity index (χ3n) is 4.37. The fraction of sp³-hybridized carbons (Fsp3) is 0.263. The first-order valence-electron chi connectivity index (χ1n) is 8.59. The van der Waals surface area contributed by atoms with Crippen molar-refractivity contribution in [2.24, 2.45) is 0 Å². The van der Waals surface area contributed by atoms with Crippen molar-refractivity contribution in [1.29, 1.82) is 0 Å². The Kier molecular flexibility index (Phi) is 5.66. The molecule has 0 saturated carbocycles. The number of nitrogens with zero attached hydrogens (tertiary/aromatic N) is 1. The lowest BCUT2D eigenvalue weighted by Crippen LogP contribution is -2.21. The van der Waals surface area contributed by atoms with Gasteiger partial charge in [-0.25, -0.2) is 0 Å². The molecule has 2 amide bonds. The number of thiophene rings is 1. The summed E-state index contributed by atoms with van der Waals surface area (Å²) in [6.07, 6.45) is 6.70. The van der Waals surface area contributed by atoms with Crippen molar-refractivity contribution >= 4 is 39.9 Å². The molecule has 0 spiro atoms. The smallest absolute Gasteiger partial charge is 0.270 e. The topological polar surface area (TPSA) is 101 Å². The van der Waals surface area contributed by atoms with Crippen molar-refractivity contribution in [2.75, 3.05) is 12.4 Å². The maximum Gasteiger partial charge on any atom is 0.270 e. The number of nitro groups is 1. The van der Waals surface area contributed by atoms with E-state index in [9.17, 15) is 19.7 Å². The molecule has 1 aromatic heterocycles. The number of non-ortho nitro benzene ring substituents is 1. The number of amides is 2. The summed E-state index contributed by atoms with van der Waals surface area (Å²) in [6.45, 7) is 0. The van der Waals surface area contributed by atoms with Gasteiger partial charge in [-0.2, -0.15) is 0 Å². The van der Waals surface area contributed by atoms with Gasteiger partial charge in [-0.15, -0.1) is 11.3 Å². The number of nitrogens with one attached hydrogen (secondary N) is 2. The third kappa shape index (κ3) is 4.22. The molecular formula is C19H19N3O4S. The van der Waals surface area contributed by atoms with Gasteiger partial charge in [-0.05, 0) is 42.9 Å². The van der Waals surface area contributed by atoms with Crippen LogP contribution in [0.4, 0.5) is 10.7 Å². The molecule has 1 aliphatic rings. The Balaban J connectivity index is 1.80. The summed E-state index contributed by atoms with van der Waals surface area (Å²) in [5.74, 6) is -0.586. The van der Waals surface area contributed by atoms with Crippen molar-refractivity contribution in [3.63, 3.8) is 0 Å². The zero-order valence-electron chi connectivity index (χ0n) is 14.8. The summed E-state index contributed by atoms with van der Waals surface area (Å²) < 4.78 is 0. The molecule has 0 atom stereocenters. The van der Waals surface area contributed by atoms with Crippen LogP contribution in [-0.2, 0) is 17.6 Å². The highest BCUT2D eigenvalue weighted by Crippen LogP contribution is 2.38. The number of benzene rings is 1. The summed E-state index contributed by atoms with van der Waals surface area (Å²) >= 11 is 1.45. The van der Waals surface area contributed by atoms with Crippen LogP contribution >= 0.6 is 11.3 Å². The molecule has 0 aliphatic heterocycles. The van der Waals surface area contributed by atoms with Gasteiger partial charge in [0, 0.05) is 30.1 Å². The zero-order chi connectivity index (χ0) is 19.4. The average molecular weight is 385 g/mol. The van der Waals surface area contributed by atoms with E-state index >= 15 is 0 Å². The number of anilines is 1. The average Bonchev–Trinajstić information content (AvgIpc) is 3.03. The zero-order valence-corrected chi connectivity index (χ0v) is 15.6. The Morgan fingerprint density at radius 2 is 2.04 bits per heavy atom. The van der Waals surface area contributed by atoms with Crippen molar-refractivity contribution in [3.8, 4) is 0 Å². The van der Waals surface area contributed by atoms with Crippen molar-refractivity contribution in [1.82, 2.24) is 5.32 Å². The van der Waals surface area contributed by atoms with Crippen molar-refractivity contribution in [3.05, 3.63) is 62.0 Å². The molecule has 7 nitrogen and oxygen atoms in total. The fourth-order valence-electron chi connectivity index (χ4n) is 3.09. The SMILES string of the molecule is CNC(=O)c1c(NC(=O)/C=C/c2cccc([N+](=O)[O-])c2)sc2c1CCCC2. The summed E-state index contributed by atoms with van der Waals surface area (Å²) in [5, 5.41) is 16.8. The number of hydrogen-bond donors (Lipinski definition) is 2. The van der Waals surface area contributed by atoms with E-state index in [1.807, 2.05) is 0 Å². The summed E-state index contributed by atoms with van der Waals surface area (Å²) in [5.41, 5.74) is 2.10. The molecule has 8 heteroatoms. The second-order valence-electron chi connectivity index (χ2n) is 6.17. The quantitative estimate of drug-likeness (QED) is 0.467. The Morgan fingerprint density at radius 3 is 2.78 bits per heavy atom. The first-order valence-corrected chi connectivity index (χ1v) is 9.41. The monoisotopic (exact) mass is 385 g/mol. The van der Waals surface area contributed by atoms with E-state index in [1.54, 1.807) is 19.2 Å². The number of aryl methyl sites for hydroxylation is 1. The van der Waals surface area contributed by atoms with Gasteiger partial charge in [0.25, 0.3) is 11.6 Å². The maximum absolute atomic E-state index is 12.3. The molecule has 1 aliphatic carbocycles. The Morgan fingerprint density at radius 1 is 1.26 bits per heavy atom. The van der Waals surface area contributed by atoms with E-state index in [-0.39, 0.29) is 17.5 Å². The lowest BCUT2D eigenvalue weighted by atomic mass is 9.95. The van der Waals surface area contributed by atoms with Gasteiger partial charge in [0.1, 0.15) is 5.00 Å². The second kappa shape index (κ2) is 8.13. The van der Waals surface area contributed by atoms with Crippen molar-refractivity contribution < 1.29 is 14.5 Å². The molecule has 2 N–H and O–H groups in total. The Bertz CT molecular complexity index is 933. The number of fused-ring (bicyclic) bond motifs is 1. The van der Waals surface area contributed by atoms with Gasteiger partial charge in [-0.1, -0.05) is 12.1 Å². The van der Waals surface area contributed by atoms with E-state index in [0.717, 1.165) is 36.1 Å². The van der Waals surface area contributed by atoms with E-state index in [4.69, 9.17) is 0 Å². The Labute approximate surface area is 160 Å². The maximum atomic E-state index is 12.3. The molecule has 27 heavy (non-hydrogen) atoms. The molecule has 3 rings (SSSR count). The molecule has 2 aromatic rings. The number of carbonyl (C=O) groups is 2. The molecule has 140 valence electrons. The van der Waals surface area contributed by atoms with Gasteiger partial charge in [0.05, 0.1) is 10.5 Å². The highest BCUT2D eigenvalue weighted by molar-refractivity contribution is 7.17. The van der Waals surface area contributed by atoms with E-state index in [1.165, 1.54) is 35.6 Å². The van der Waals surface area contributed by atoms with E-state index in [2.05, 4.69) is 10.6 Å². The standard InChI is InChI=1S/C19H19N3O4S/c1-20-18(24)17-14-7-2-3-8-15(14)27-19(17)21-16(23)10-9-12-5-4-6-13(11-12)22(25)26/h4-6,9-11H,2-3,7-8H2,1H3,(H,20,24)(H,21,23)/b10-9+. The minimum absolute atomic E-state index is 0.0367. The van der Waals surface area contributed by atoms with Crippen molar-refractivity contribution in [2.45, 2.75) is 25.7 Å². The largest absolute Gasteiger partial charge is 0.355 e. The van der Waals surface area contributed by atoms with Crippen LogP contribution in [0.15, 0.2) is 30.3 Å². The molecule has 0 radical (unpaired) electrons. The molecule has 0 fully saturated rings. The normalized spacial score (nSPS) is 13.2. The second-order valence-corrected chi connectivity index (χ2v) is 7.27. The predicted octanol–water partition coefficient (Wildman–Crippen LogP) is 3.55. The van der Waals surface area contributed by atoms with E-state index in [0.29, 0.717) is 16.1 Å². The lowest BCUT2D eigenvalue weighted by molar-refractivity contribution is -0.384. The molecule has 0 unspecified atom stereocenters. The van der Waals surface area contributed by atoms with Crippen LogP contribution in [0.1, 0.15) is 39.2 Å². The van der Waals surface area contributed by atoms with Crippen LogP contribution in [0.25, 0.3) is 6.08 Å². The minimum atomic E-state index is -0.483. The minimum Gasteiger partial charge on any atom is -0.355 e. The Hall–Kier alpha value is -3.00. The fourth-order valence-corrected chi connectivity index (χ4v) is 4.38. The predicted molar refractivity (Wildman–Crippen MR) is 105 cm³/mol. The van der Waals surface area contributed by atoms with Gasteiger partial charge in [0.2, 0.25) is 5.91 Å². The van der Waals surface area contributed by atoms with Crippen LogP contribution < -0.4 is 10.6 Å². The van der Waals surface area contributed by atoms with Gasteiger partial charge in [0.15, 0.2) is 0 Å². The van der Waals surface area contributed by atoms with E-state index < -0.39 is 4.92 Å².